The van der Waals surface area contributed by atoms with Crippen LogP contribution in [0.3, 0.4) is 0 Å². The van der Waals surface area contributed by atoms with Crippen LogP contribution in [0.5, 0.6) is 0 Å². The van der Waals surface area contributed by atoms with E-state index in [0.717, 1.165) is 5.56 Å². The van der Waals surface area contributed by atoms with Gasteiger partial charge in [0.1, 0.15) is 0 Å². The summed E-state index contributed by atoms with van der Waals surface area (Å²) in [6.45, 7) is 0.132. The molecule has 6 nitrogen and oxygen atoms in total. The molecule has 7 heteroatoms. The molecule has 0 radical (unpaired) electrons. The largest absolute Gasteiger partial charge is 0.481 e. The first-order valence-corrected chi connectivity index (χ1v) is 7.87. The molecule has 2 heterocycles. The van der Waals surface area contributed by atoms with Gasteiger partial charge in [0, 0.05) is 25.5 Å². The second-order valence-corrected chi connectivity index (χ2v) is 6.87. The quantitative estimate of drug-likeness (QED) is 0.896. The number of carboxylic acid groups (broad SMARTS) is 1. The number of aromatic amines is 1. The van der Waals surface area contributed by atoms with Gasteiger partial charge in [-0.2, -0.15) is 4.31 Å². The van der Waals surface area contributed by atoms with Crippen LogP contribution in [0.2, 0.25) is 0 Å². The molecule has 0 saturated carbocycles. The van der Waals surface area contributed by atoms with E-state index in [1.165, 1.54) is 22.8 Å². The van der Waals surface area contributed by atoms with Crippen LogP contribution < -0.4 is 0 Å². The highest BCUT2D eigenvalue weighted by molar-refractivity contribution is 7.89. The number of hydrogen-bond donors (Lipinski definition) is 2. The molecule has 0 fully saturated rings. The van der Waals surface area contributed by atoms with Gasteiger partial charge < -0.3 is 10.1 Å². The molecule has 1 atom stereocenters. The predicted molar refractivity (Wildman–Crippen MR) is 75.2 cm³/mol. The molecule has 0 saturated heterocycles. The van der Waals surface area contributed by atoms with Crippen molar-refractivity contribution in [2.24, 2.45) is 0 Å². The van der Waals surface area contributed by atoms with Crippen LogP contribution in [0.15, 0.2) is 47.6 Å². The minimum Gasteiger partial charge on any atom is -0.481 e. The fourth-order valence-corrected chi connectivity index (χ4v) is 4.00. The molecule has 1 unspecified atom stereocenters. The number of rotatable bonds is 3. The van der Waals surface area contributed by atoms with Crippen molar-refractivity contribution in [3.8, 4) is 0 Å². The SMILES string of the molecule is O=C(O)C1CN(S(=O)(=O)c2cc[nH]c2)Cc2ccccc21. The summed E-state index contributed by atoms with van der Waals surface area (Å²) in [5.74, 6) is -1.86. The summed E-state index contributed by atoms with van der Waals surface area (Å²) in [6, 6.07) is 8.53. The average Bonchev–Trinajstić information content (AvgIpc) is 3.00. The smallest absolute Gasteiger partial charge is 0.312 e. The van der Waals surface area contributed by atoms with Gasteiger partial charge in [-0.1, -0.05) is 24.3 Å². The molecule has 21 heavy (non-hydrogen) atoms. The van der Waals surface area contributed by atoms with Crippen molar-refractivity contribution in [2.75, 3.05) is 6.54 Å². The number of aliphatic carboxylic acids is 1. The van der Waals surface area contributed by atoms with E-state index in [4.69, 9.17) is 0 Å². The van der Waals surface area contributed by atoms with Gasteiger partial charge in [-0.25, -0.2) is 8.42 Å². The topological polar surface area (TPSA) is 90.5 Å². The lowest BCUT2D eigenvalue weighted by atomic mass is 9.91. The number of carbonyl (C=O) groups is 1. The van der Waals surface area contributed by atoms with Gasteiger partial charge in [0.2, 0.25) is 10.0 Å². The number of aromatic nitrogens is 1. The zero-order valence-corrected chi connectivity index (χ0v) is 11.9. The van der Waals surface area contributed by atoms with E-state index in [9.17, 15) is 18.3 Å². The lowest BCUT2D eigenvalue weighted by Gasteiger charge is -2.31. The van der Waals surface area contributed by atoms with Crippen LogP contribution in [0.1, 0.15) is 17.0 Å². The number of sulfonamides is 1. The zero-order valence-electron chi connectivity index (χ0n) is 11.1. The Morgan fingerprint density at radius 2 is 2.05 bits per heavy atom. The van der Waals surface area contributed by atoms with Crippen molar-refractivity contribution in [3.63, 3.8) is 0 Å². The molecule has 0 aliphatic carbocycles. The second-order valence-electron chi connectivity index (χ2n) is 4.93. The van der Waals surface area contributed by atoms with Crippen molar-refractivity contribution in [1.82, 2.24) is 9.29 Å². The number of carboxylic acids is 1. The molecule has 0 spiro atoms. The van der Waals surface area contributed by atoms with Crippen LogP contribution >= 0.6 is 0 Å². The van der Waals surface area contributed by atoms with Crippen molar-refractivity contribution < 1.29 is 18.3 Å². The van der Waals surface area contributed by atoms with Gasteiger partial charge in [0.15, 0.2) is 0 Å². The van der Waals surface area contributed by atoms with Gasteiger partial charge in [-0.15, -0.1) is 0 Å². The minimum absolute atomic E-state index is 0.0557. The van der Waals surface area contributed by atoms with Crippen molar-refractivity contribution >= 4 is 16.0 Å². The Bertz CT molecular complexity index is 768. The molecular formula is C14H14N2O4S. The van der Waals surface area contributed by atoms with Gasteiger partial charge >= 0.3 is 5.97 Å². The number of H-pyrrole nitrogens is 1. The summed E-state index contributed by atoms with van der Waals surface area (Å²) in [4.78, 5) is 14.3. The Balaban J connectivity index is 2.03. The maximum Gasteiger partial charge on any atom is 0.312 e. The highest BCUT2D eigenvalue weighted by Gasteiger charge is 2.36. The van der Waals surface area contributed by atoms with E-state index < -0.39 is 21.9 Å². The van der Waals surface area contributed by atoms with E-state index in [1.54, 1.807) is 24.3 Å². The maximum atomic E-state index is 12.5. The molecule has 2 aromatic rings. The molecule has 3 rings (SSSR count). The van der Waals surface area contributed by atoms with Crippen LogP contribution in [0.25, 0.3) is 0 Å². The summed E-state index contributed by atoms with van der Waals surface area (Å²) < 4.78 is 26.3. The fourth-order valence-electron chi connectivity index (χ4n) is 2.59. The number of nitrogens with zero attached hydrogens (tertiary/aromatic N) is 1. The highest BCUT2D eigenvalue weighted by Crippen LogP contribution is 2.31. The van der Waals surface area contributed by atoms with Gasteiger partial charge in [0.05, 0.1) is 10.8 Å². The summed E-state index contributed by atoms with van der Waals surface area (Å²) in [6.07, 6.45) is 2.92. The second kappa shape index (κ2) is 5.01. The molecule has 0 bridgehead atoms. The molecular weight excluding hydrogens is 292 g/mol. The monoisotopic (exact) mass is 306 g/mol. The van der Waals surface area contributed by atoms with Gasteiger partial charge in [0.25, 0.3) is 0 Å². The molecule has 2 N–H and O–H groups in total. The highest BCUT2D eigenvalue weighted by atomic mass is 32.2. The number of nitrogens with one attached hydrogen (secondary N) is 1. The third-order valence-corrected chi connectivity index (χ3v) is 5.48. The van der Waals surface area contributed by atoms with Gasteiger partial charge in [-0.05, 0) is 17.2 Å². The summed E-state index contributed by atoms with van der Waals surface area (Å²) in [7, 11) is -3.69. The van der Waals surface area contributed by atoms with Gasteiger partial charge in [-0.3, -0.25) is 4.79 Å². The Kier molecular flexibility index (Phi) is 3.30. The van der Waals surface area contributed by atoms with Crippen LogP contribution in [-0.4, -0.2) is 35.3 Å². The first kappa shape index (κ1) is 13.8. The van der Waals surface area contributed by atoms with E-state index in [2.05, 4.69) is 4.98 Å². The molecule has 110 valence electrons. The van der Waals surface area contributed by atoms with E-state index >= 15 is 0 Å². The Hall–Kier alpha value is -2.12. The maximum absolute atomic E-state index is 12.5. The third kappa shape index (κ3) is 2.34. The Morgan fingerprint density at radius 1 is 1.29 bits per heavy atom. The molecule has 1 aliphatic heterocycles. The minimum atomic E-state index is -3.69. The number of hydrogen-bond acceptors (Lipinski definition) is 3. The van der Waals surface area contributed by atoms with E-state index in [0.29, 0.717) is 5.56 Å². The number of fused-ring (bicyclic) bond motifs is 1. The average molecular weight is 306 g/mol. The fraction of sp³-hybridized carbons (Fsp3) is 0.214. The molecule has 1 aliphatic rings. The van der Waals surface area contributed by atoms with E-state index in [1.807, 2.05) is 0 Å². The van der Waals surface area contributed by atoms with Crippen LogP contribution in [0, 0.1) is 0 Å². The Labute approximate surface area is 122 Å². The number of benzene rings is 1. The predicted octanol–water partition coefficient (Wildman–Crippen LogP) is 1.39. The van der Waals surface area contributed by atoms with Crippen LogP contribution in [-0.2, 0) is 21.4 Å². The molecule has 1 aromatic heterocycles. The zero-order chi connectivity index (χ0) is 15.0. The van der Waals surface area contributed by atoms with E-state index in [-0.39, 0.29) is 18.0 Å². The normalized spacial score (nSPS) is 19.1. The standard InChI is InChI=1S/C14H14N2O4S/c17-14(18)13-9-16(8-10-3-1-2-4-12(10)13)21(19,20)11-5-6-15-7-11/h1-7,13,15H,8-9H2,(H,17,18). The van der Waals surface area contributed by atoms with Crippen molar-refractivity contribution in [1.29, 1.82) is 0 Å². The summed E-state index contributed by atoms with van der Waals surface area (Å²) in [5, 5.41) is 9.37. The molecule has 0 amide bonds. The third-order valence-electron chi connectivity index (χ3n) is 3.67. The summed E-state index contributed by atoms with van der Waals surface area (Å²) >= 11 is 0. The first-order chi connectivity index (χ1) is 10.00. The van der Waals surface area contributed by atoms with Crippen molar-refractivity contribution in [3.05, 3.63) is 53.9 Å². The lowest BCUT2D eigenvalue weighted by molar-refractivity contribution is -0.139. The van der Waals surface area contributed by atoms with Crippen LogP contribution in [0.4, 0.5) is 0 Å². The lowest BCUT2D eigenvalue weighted by Crippen LogP contribution is -2.40. The van der Waals surface area contributed by atoms with Crippen molar-refractivity contribution in [2.45, 2.75) is 17.4 Å². The first-order valence-electron chi connectivity index (χ1n) is 6.43. The molecule has 1 aromatic carbocycles. The Morgan fingerprint density at radius 3 is 2.71 bits per heavy atom. The summed E-state index contributed by atoms with van der Waals surface area (Å²) in [5.41, 5.74) is 1.42.